The van der Waals surface area contributed by atoms with Crippen LogP contribution in [0.3, 0.4) is 0 Å². The Labute approximate surface area is 108 Å². The van der Waals surface area contributed by atoms with Crippen LogP contribution in [0, 0.1) is 11.3 Å². The van der Waals surface area contributed by atoms with E-state index < -0.39 is 0 Å². The predicted octanol–water partition coefficient (Wildman–Crippen LogP) is 2.01. The number of ether oxygens (including phenoxy) is 1. The van der Waals surface area contributed by atoms with Gasteiger partial charge in [0, 0.05) is 12.6 Å². The van der Waals surface area contributed by atoms with E-state index in [-0.39, 0.29) is 0 Å². The molecule has 0 spiro atoms. The largest absolute Gasteiger partial charge is 0.492 e. The van der Waals surface area contributed by atoms with E-state index in [4.69, 9.17) is 15.7 Å². The van der Waals surface area contributed by atoms with Gasteiger partial charge in [-0.3, -0.25) is 4.90 Å². The summed E-state index contributed by atoms with van der Waals surface area (Å²) in [4.78, 5) is 2.43. The van der Waals surface area contributed by atoms with Crippen LogP contribution < -0.4 is 10.5 Å². The molecule has 18 heavy (non-hydrogen) atoms. The molecule has 0 saturated carbocycles. The second kappa shape index (κ2) is 6.27. The van der Waals surface area contributed by atoms with E-state index in [1.165, 1.54) is 32.4 Å². The van der Waals surface area contributed by atoms with Crippen molar-refractivity contribution >= 4 is 5.69 Å². The van der Waals surface area contributed by atoms with Crippen molar-refractivity contribution in [1.82, 2.24) is 4.90 Å². The molecule has 1 aromatic carbocycles. The molecular formula is C14H19N3O. The Kier molecular flexibility index (Phi) is 4.43. The van der Waals surface area contributed by atoms with Crippen molar-refractivity contribution in [1.29, 1.82) is 5.26 Å². The van der Waals surface area contributed by atoms with Gasteiger partial charge in [-0.1, -0.05) is 6.42 Å². The molecule has 0 atom stereocenters. The molecular weight excluding hydrogens is 226 g/mol. The molecule has 0 radical (unpaired) electrons. The highest BCUT2D eigenvalue weighted by Crippen LogP contribution is 2.19. The van der Waals surface area contributed by atoms with E-state index in [1.54, 1.807) is 18.2 Å². The Morgan fingerprint density at radius 2 is 2.06 bits per heavy atom. The summed E-state index contributed by atoms with van der Waals surface area (Å²) in [6.45, 7) is 3.99. The quantitative estimate of drug-likeness (QED) is 0.824. The lowest BCUT2D eigenvalue weighted by Gasteiger charge is -2.26. The molecule has 2 rings (SSSR count). The molecule has 4 heteroatoms. The molecule has 0 unspecified atom stereocenters. The lowest BCUT2D eigenvalue weighted by atomic mass is 10.1. The van der Waals surface area contributed by atoms with E-state index in [0.29, 0.717) is 17.9 Å². The van der Waals surface area contributed by atoms with Gasteiger partial charge in [0.25, 0.3) is 0 Å². The van der Waals surface area contributed by atoms with Crippen LogP contribution in [0.5, 0.6) is 5.75 Å². The van der Waals surface area contributed by atoms with Crippen LogP contribution in [0.4, 0.5) is 5.69 Å². The molecule has 1 aromatic rings. The minimum atomic E-state index is 0.480. The Morgan fingerprint density at radius 1 is 1.28 bits per heavy atom. The fraction of sp³-hybridized carbons (Fsp3) is 0.500. The predicted molar refractivity (Wildman–Crippen MR) is 71.4 cm³/mol. The maximum atomic E-state index is 8.78. The zero-order valence-electron chi connectivity index (χ0n) is 10.6. The number of benzene rings is 1. The van der Waals surface area contributed by atoms with Gasteiger partial charge >= 0.3 is 0 Å². The van der Waals surface area contributed by atoms with E-state index in [1.807, 2.05) is 6.07 Å². The Hall–Kier alpha value is -1.73. The highest BCUT2D eigenvalue weighted by molar-refractivity contribution is 5.56. The van der Waals surface area contributed by atoms with Gasteiger partial charge in [0.1, 0.15) is 18.4 Å². The van der Waals surface area contributed by atoms with Gasteiger partial charge in [-0.05, 0) is 38.1 Å². The first-order valence-corrected chi connectivity index (χ1v) is 6.44. The smallest absolute Gasteiger partial charge is 0.121 e. The van der Waals surface area contributed by atoms with Gasteiger partial charge in [-0.2, -0.15) is 5.26 Å². The molecule has 0 bridgehead atoms. The fourth-order valence-corrected chi connectivity index (χ4v) is 2.21. The number of likely N-dealkylation sites (tertiary alicyclic amines) is 1. The summed E-state index contributed by atoms with van der Waals surface area (Å²) >= 11 is 0. The van der Waals surface area contributed by atoms with Crippen LogP contribution >= 0.6 is 0 Å². The molecule has 1 aliphatic rings. The maximum absolute atomic E-state index is 8.78. The third kappa shape index (κ3) is 3.38. The van der Waals surface area contributed by atoms with Crippen molar-refractivity contribution in [3.63, 3.8) is 0 Å². The Balaban J connectivity index is 1.79. The summed E-state index contributed by atoms with van der Waals surface area (Å²) in [5.74, 6) is 0.739. The van der Waals surface area contributed by atoms with E-state index >= 15 is 0 Å². The van der Waals surface area contributed by atoms with Crippen molar-refractivity contribution in [2.24, 2.45) is 0 Å². The summed E-state index contributed by atoms with van der Waals surface area (Å²) < 4.78 is 5.66. The second-order valence-corrected chi connectivity index (χ2v) is 4.61. The monoisotopic (exact) mass is 245 g/mol. The molecule has 1 saturated heterocycles. The SMILES string of the molecule is N#Cc1ccc(OCCN2CCCCC2)cc1N. The van der Waals surface area contributed by atoms with Crippen LogP contribution in [0.15, 0.2) is 18.2 Å². The van der Waals surface area contributed by atoms with Crippen molar-refractivity contribution in [3.05, 3.63) is 23.8 Å². The summed E-state index contributed by atoms with van der Waals surface area (Å²) in [7, 11) is 0. The lowest BCUT2D eigenvalue weighted by Crippen LogP contribution is -2.33. The molecule has 2 N–H and O–H groups in total. The third-order valence-electron chi connectivity index (χ3n) is 3.27. The topological polar surface area (TPSA) is 62.3 Å². The van der Waals surface area contributed by atoms with E-state index in [9.17, 15) is 0 Å². The first kappa shape index (κ1) is 12.7. The van der Waals surface area contributed by atoms with Crippen molar-refractivity contribution in [2.75, 3.05) is 32.0 Å². The zero-order chi connectivity index (χ0) is 12.8. The average Bonchev–Trinajstić information content (AvgIpc) is 2.40. The van der Waals surface area contributed by atoms with Gasteiger partial charge in [0.05, 0.1) is 11.3 Å². The van der Waals surface area contributed by atoms with Crippen LogP contribution in [-0.2, 0) is 0 Å². The number of hydrogen-bond donors (Lipinski definition) is 1. The number of anilines is 1. The molecule has 1 fully saturated rings. The summed E-state index contributed by atoms with van der Waals surface area (Å²) in [6.07, 6.45) is 3.94. The van der Waals surface area contributed by atoms with Gasteiger partial charge in [0.15, 0.2) is 0 Å². The number of hydrogen-bond acceptors (Lipinski definition) is 4. The van der Waals surface area contributed by atoms with Crippen LogP contribution in [0.2, 0.25) is 0 Å². The zero-order valence-corrected chi connectivity index (χ0v) is 10.6. The summed E-state index contributed by atoms with van der Waals surface area (Å²) in [6, 6.07) is 7.26. The first-order chi connectivity index (χ1) is 8.79. The minimum Gasteiger partial charge on any atom is -0.492 e. The van der Waals surface area contributed by atoms with Gasteiger partial charge in [-0.15, -0.1) is 0 Å². The Morgan fingerprint density at radius 3 is 2.72 bits per heavy atom. The summed E-state index contributed by atoms with van der Waals surface area (Å²) in [5.41, 5.74) is 6.71. The second-order valence-electron chi connectivity index (χ2n) is 4.61. The van der Waals surface area contributed by atoms with Crippen LogP contribution in [0.1, 0.15) is 24.8 Å². The number of nitrogen functional groups attached to an aromatic ring is 1. The number of nitriles is 1. The molecule has 1 aliphatic heterocycles. The molecule has 0 aromatic heterocycles. The van der Waals surface area contributed by atoms with Crippen molar-refractivity contribution in [3.8, 4) is 11.8 Å². The average molecular weight is 245 g/mol. The maximum Gasteiger partial charge on any atom is 0.121 e. The van der Waals surface area contributed by atoms with Gasteiger partial charge < -0.3 is 10.5 Å². The standard InChI is InChI=1S/C14H19N3O/c15-11-12-4-5-13(10-14(12)16)18-9-8-17-6-2-1-3-7-17/h4-5,10H,1-3,6-9,16H2. The molecule has 4 nitrogen and oxygen atoms in total. The number of nitrogens with two attached hydrogens (primary N) is 1. The number of piperidine rings is 1. The highest BCUT2D eigenvalue weighted by atomic mass is 16.5. The number of nitrogens with zero attached hydrogens (tertiary/aromatic N) is 2. The van der Waals surface area contributed by atoms with E-state index in [2.05, 4.69) is 4.90 Å². The lowest BCUT2D eigenvalue weighted by molar-refractivity contribution is 0.183. The normalized spacial score (nSPS) is 16.2. The van der Waals surface area contributed by atoms with Gasteiger partial charge in [0.2, 0.25) is 0 Å². The highest BCUT2D eigenvalue weighted by Gasteiger charge is 2.09. The van der Waals surface area contributed by atoms with Crippen LogP contribution in [0.25, 0.3) is 0 Å². The van der Waals surface area contributed by atoms with Crippen LogP contribution in [-0.4, -0.2) is 31.1 Å². The van der Waals surface area contributed by atoms with Crippen molar-refractivity contribution < 1.29 is 4.74 Å². The molecule has 96 valence electrons. The molecule has 0 amide bonds. The summed E-state index contributed by atoms with van der Waals surface area (Å²) in [5, 5.41) is 8.78. The molecule has 1 heterocycles. The van der Waals surface area contributed by atoms with E-state index in [0.717, 1.165) is 12.3 Å². The number of rotatable bonds is 4. The van der Waals surface area contributed by atoms with Crippen molar-refractivity contribution in [2.45, 2.75) is 19.3 Å². The minimum absolute atomic E-state index is 0.480. The Bertz CT molecular complexity index is 433. The van der Waals surface area contributed by atoms with Gasteiger partial charge in [-0.25, -0.2) is 0 Å². The first-order valence-electron chi connectivity index (χ1n) is 6.44. The fourth-order valence-electron chi connectivity index (χ4n) is 2.21. The molecule has 0 aliphatic carbocycles. The third-order valence-corrected chi connectivity index (χ3v) is 3.27.